The van der Waals surface area contributed by atoms with Crippen LogP contribution in [0.2, 0.25) is 0 Å². The first-order chi connectivity index (χ1) is 11.2. The summed E-state index contributed by atoms with van der Waals surface area (Å²) in [7, 11) is 1.54. The Morgan fingerprint density at radius 3 is 2.21 bits per heavy atom. The van der Waals surface area contributed by atoms with E-state index in [1.807, 2.05) is 0 Å². The maximum atomic E-state index is 12.0. The second kappa shape index (κ2) is 8.38. The van der Waals surface area contributed by atoms with Crippen LogP contribution < -0.4 is 4.74 Å². The summed E-state index contributed by atoms with van der Waals surface area (Å²) >= 11 is 0. The molecule has 6 nitrogen and oxygen atoms in total. The van der Waals surface area contributed by atoms with Crippen molar-refractivity contribution in [3.05, 3.63) is 42.0 Å². The molecule has 132 valence electrons. The lowest BCUT2D eigenvalue weighted by molar-refractivity contribution is -0.139. The van der Waals surface area contributed by atoms with Gasteiger partial charge in [0.25, 0.3) is 0 Å². The Morgan fingerprint density at radius 2 is 1.75 bits per heavy atom. The molecule has 0 aliphatic carbocycles. The first-order valence-electron chi connectivity index (χ1n) is 7.57. The molecule has 0 aliphatic heterocycles. The number of hydrogen-bond donors (Lipinski definition) is 0. The lowest BCUT2D eigenvalue weighted by Gasteiger charge is -2.23. The van der Waals surface area contributed by atoms with Crippen molar-refractivity contribution in [3.8, 4) is 5.75 Å². The molecule has 0 heterocycles. The van der Waals surface area contributed by atoms with Crippen LogP contribution in [0.25, 0.3) is 0 Å². The Bertz CT molecular complexity index is 583. The molecule has 0 saturated carbocycles. The summed E-state index contributed by atoms with van der Waals surface area (Å²) in [6, 6.07) is 6.75. The van der Waals surface area contributed by atoms with Gasteiger partial charge < -0.3 is 18.9 Å². The van der Waals surface area contributed by atoms with Crippen LogP contribution in [0.4, 0.5) is 4.79 Å². The van der Waals surface area contributed by atoms with E-state index in [0.717, 1.165) is 0 Å². The molecule has 1 unspecified atom stereocenters. The third-order valence-corrected chi connectivity index (χ3v) is 2.88. The van der Waals surface area contributed by atoms with E-state index in [1.54, 1.807) is 59.1 Å². The summed E-state index contributed by atoms with van der Waals surface area (Å²) in [5.74, 6) is -0.00149. The smallest absolute Gasteiger partial charge is 0.497 e. The molecule has 0 amide bonds. The highest BCUT2D eigenvalue weighted by Crippen LogP contribution is 2.28. The number of ether oxygens (including phenoxy) is 4. The SMILES string of the molecule is C=C(C(=O)OCC)C(OC(=O)OC(C)(C)C)c1ccc(OC)cc1. The maximum Gasteiger partial charge on any atom is 0.509 e. The quantitative estimate of drug-likeness (QED) is 0.581. The van der Waals surface area contributed by atoms with Gasteiger partial charge in [0.2, 0.25) is 0 Å². The maximum absolute atomic E-state index is 12.0. The molecule has 1 rings (SSSR count). The van der Waals surface area contributed by atoms with E-state index in [4.69, 9.17) is 18.9 Å². The predicted molar refractivity (Wildman–Crippen MR) is 88.8 cm³/mol. The third-order valence-electron chi connectivity index (χ3n) is 2.88. The first-order valence-corrected chi connectivity index (χ1v) is 7.57. The Hall–Kier alpha value is -2.50. The summed E-state index contributed by atoms with van der Waals surface area (Å²) in [6.07, 6.45) is -1.90. The fourth-order valence-electron chi connectivity index (χ4n) is 1.82. The molecule has 0 saturated heterocycles. The van der Waals surface area contributed by atoms with Gasteiger partial charge in [-0.1, -0.05) is 18.7 Å². The van der Waals surface area contributed by atoms with Crippen molar-refractivity contribution >= 4 is 12.1 Å². The van der Waals surface area contributed by atoms with Gasteiger partial charge >= 0.3 is 12.1 Å². The molecular formula is C18H24O6. The van der Waals surface area contributed by atoms with Crippen molar-refractivity contribution < 1.29 is 28.5 Å². The second-order valence-corrected chi connectivity index (χ2v) is 5.98. The summed E-state index contributed by atoms with van der Waals surface area (Å²) < 4.78 is 20.5. The molecule has 0 spiro atoms. The van der Waals surface area contributed by atoms with Crippen LogP contribution in [-0.2, 0) is 19.0 Å². The van der Waals surface area contributed by atoms with Gasteiger partial charge in [0, 0.05) is 0 Å². The minimum atomic E-state index is -1.01. The van der Waals surface area contributed by atoms with Crippen molar-refractivity contribution in [3.63, 3.8) is 0 Å². The Kier molecular flexibility index (Phi) is 6.82. The van der Waals surface area contributed by atoms with Gasteiger partial charge in [-0.2, -0.15) is 0 Å². The van der Waals surface area contributed by atoms with Crippen LogP contribution in [-0.4, -0.2) is 31.4 Å². The second-order valence-electron chi connectivity index (χ2n) is 5.98. The van der Waals surface area contributed by atoms with Crippen LogP contribution in [0.5, 0.6) is 5.75 Å². The first kappa shape index (κ1) is 19.5. The largest absolute Gasteiger partial charge is 0.509 e. The minimum absolute atomic E-state index is 0.00729. The topological polar surface area (TPSA) is 71.1 Å². The van der Waals surface area contributed by atoms with E-state index in [-0.39, 0.29) is 12.2 Å². The zero-order chi connectivity index (χ0) is 18.3. The van der Waals surface area contributed by atoms with Gasteiger partial charge in [-0.15, -0.1) is 0 Å². The molecule has 24 heavy (non-hydrogen) atoms. The van der Waals surface area contributed by atoms with Crippen molar-refractivity contribution in [2.24, 2.45) is 0 Å². The van der Waals surface area contributed by atoms with E-state index >= 15 is 0 Å². The zero-order valence-corrected chi connectivity index (χ0v) is 14.8. The van der Waals surface area contributed by atoms with E-state index < -0.39 is 23.8 Å². The highest BCUT2D eigenvalue weighted by Gasteiger charge is 2.28. The molecule has 0 aromatic heterocycles. The van der Waals surface area contributed by atoms with Crippen LogP contribution >= 0.6 is 0 Å². The van der Waals surface area contributed by atoms with Crippen molar-refractivity contribution in [1.29, 1.82) is 0 Å². The number of carbonyl (C=O) groups excluding carboxylic acids is 2. The highest BCUT2D eigenvalue weighted by molar-refractivity contribution is 5.89. The normalized spacial score (nSPS) is 12.0. The molecule has 1 atom stereocenters. The van der Waals surface area contributed by atoms with Crippen LogP contribution in [0.3, 0.4) is 0 Å². The molecular weight excluding hydrogens is 312 g/mol. The van der Waals surface area contributed by atoms with Gasteiger partial charge in [-0.3, -0.25) is 0 Å². The Morgan fingerprint density at radius 1 is 1.17 bits per heavy atom. The predicted octanol–water partition coefficient (Wildman–Crippen LogP) is 3.81. The molecule has 0 N–H and O–H groups in total. The number of rotatable bonds is 6. The van der Waals surface area contributed by atoms with Crippen LogP contribution in [0.15, 0.2) is 36.4 Å². The molecule has 1 aromatic rings. The third kappa shape index (κ3) is 5.95. The standard InChI is InChI=1S/C18H24O6/c1-7-22-16(19)12(2)15(23-17(20)24-18(3,4)5)13-8-10-14(21-6)11-9-13/h8-11,15H,2,7H2,1,3-6H3. The number of methoxy groups -OCH3 is 1. The van der Waals surface area contributed by atoms with Crippen LogP contribution in [0.1, 0.15) is 39.4 Å². The van der Waals surface area contributed by atoms with E-state index in [2.05, 4.69) is 6.58 Å². The lowest BCUT2D eigenvalue weighted by Crippen LogP contribution is -2.27. The fourth-order valence-corrected chi connectivity index (χ4v) is 1.82. The fraction of sp³-hybridized carbons (Fsp3) is 0.444. The van der Waals surface area contributed by atoms with Gasteiger partial charge in [-0.25, -0.2) is 9.59 Å². The molecule has 0 fully saturated rings. The summed E-state index contributed by atoms with van der Waals surface area (Å²) in [5.41, 5.74) is -0.153. The van der Waals surface area contributed by atoms with Gasteiger partial charge in [0.1, 0.15) is 11.4 Å². The summed E-state index contributed by atoms with van der Waals surface area (Å²) in [6.45, 7) is 10.7. The molecule has 6 heteroatoms. The molecule has 0 bridgehead atoms. The zero-order valence-electron chi connectivity index (χ0n) is 14.8. The number of hydrogen-bond acceptors (Lipinski definition) is 6. The van der Waals surface area contributed by atoms with Gasteiger partial charge in [0.05, 0.1) is 19.3 Å². The monoisotopic (exact) mass is 336 g/mol. The number of esters is 1. The van der Waals surface area contributed by atoms with Gasteiger partial charge in [-0.05, 0) is 45.4 Å². The summed E-state index contributed by atoms with van der Waals surface area (Å²) in [5, 5.41) is 0. The van der Waals surface area contributed by atoms with E-state index in [1.165, 1.54) is 0 Å². The number of benzene rings is 1. The molecule has 0 aliphatic rings. The lowest BCUT2D eigenvalue weighted by atomic mass is 10.0. The summed E-state index contributed by atoms with van der Waals surface area (Å²) in [4.78, 5) is 24.0. The minimum Gasteiger partial charge on any atom is -0.497 e. The molecule has 0 radical (unpaired) electrons. The molecule has 1 aromatic carbocycles. The highest BCUT2D eigenvalue weighted by atomic mass is 16.7. The van der Waals surface area contributed by atoms with Gasteiger partial charge in [0.15, 0.2) is 6.10 Å². The van der Waals surface area contributed by atoms with Crippen molar-refractivity contribution in [2.45, 2.75) is 39.4 Å². The number of carbonyl (C=O) groups is 2. The van der Waals surface area contributed by atoms with E-state index in [9.17, 15) is 9.59 Å². The average molecular weight is 336 g/mol. The average Bonchev–Trinajstić information content (AvgIpc) is 2.50. The van der Waals surface area contributed by atoms with Crippen molar-refractivity contribution in [1.82, 2.24) is 0 Å². The Labute approximate surface area is 142 Å². The van der Waals surface area contributed by atoms with Crippen LogP contribution in [0, 0.1) is 0 Å². The van der Waals surface area contributed by atoms with E-state index in [0.29, 0.717) is 11.3 Å². The van der Waals surface area contributed by atoms with Crippen molar-refractivity contribution in [2.75, 3.05) is 13.7 Å². The Balaban J connectivity index is 3.04.